The fourth-order valence-corrected chi connectivity index (χ4v) is 2.73. The minimum atomic E-state index is -0.419. The Morgan fingerprint density at radius 2 is 2.23 bits per heavy atom. The van der Waals surface area contributed by atoms with Crippen LogP contribution in [0.3, 0.4) is 0 Å². The van der Waals surface area contributed by atoms with Crippen LogP contribution < -0.4 is 14.8 Å². The second-order valence-electron chi connectivity index (χ2n) is 5.30. The van der Waals surface area contributed by atoms with Gasteiger partial charge in [-0.1, -0.05) is 12.1 Å². The van der Waals surface area contributed by atoms with Crippen molar-refractivity contribution in [3.05, 3.63) is 36.4 Å². The molecular formula is C16H18N2O4. The molecule has 0 saturated carbocycles. The van der Waals surface area contributed by atoms with Crippen molar-refractivity contribution in [1.82, 2.24) is 10.2 Å². The van der Waals surface area contributed by atoms with Gasteiger partial charge in [0.15, 0.2) is 11.5 Å². The molecule has 2 heterocycles. The summed E-state index contributed by atoms with van der Waals surface area (Å²) >= 11 is 0. The van der Waals surface area contributed by atoms with Crippen molar-refractivity contribution >= 4 is 11.8 Å². The lowest BCUT2D eigenvalue weighted by molar-refractivity contribution is -0.135. The van der Waals surface area contributed by atoms with E-state index in [4.69, 9.17) is 9.47 Å². The summed E-state index contributed by atoms with van der Waals surface area (Å²) in [6, 6.07) is 5.15. The Hall–Kier alpha value is -2.50. The molecule has 6 heteroatoms. The molecule has 1 saturated heterocycles. The number of carbonyl (C=O) groups is 2. The molecule has 6 nitrogen and oxygen atoms in total. The van der Waals surface area contributed by atoms with Crippen LogP contribution >= 0.6 is 0 Å². The molecule has 2 amide bonds. The highest BCUT2D eigenvalue weighted by atomic mass is 16.7. The molecule has 0 radical (unpaired) electrons. The zero-order chi connectivity index (χ0) is 15.5. The van der Waals surface area contributed by atoms with Gasteiger partial charge in [-0.05, 0) is 24.1 Å². The fourth-order valence-electron chi connectivity index (χ4n) is 2.73. The Morgan fingerprint density at radius 3 is 3.05 bits per heavy atom. The highest BCUT2D eigenvalue weighted by Crippen LogP contribution is 2.33. The number of hydrogen-bond donors (Lipinski definition) is 1. The van der Waals surface area contributed by atoms with Crippen molar-refractivity contribution in [2.24, 2.45) is 0 Å². The summed E-state index contributed by atoms with van der Waals surface area (Å²) in [6.07, 6.45) is 2.57. The van der Waals surface area contributed by atoms with Crippen molar-refractivity contribution in [3.8, 4) is 11.5 Å². The summed E-state index contributed by atoms with van der Waals surface area (Å²) in [5.41, 5.74) is 0.918. The molecule has 0 spiro atoms. The van der Waals surface area contributed by atoms with Crippen LogP contribution in [0.1, 0.15) is 18.4 Å². The van der Waals surface area contributed by atoms with Gasteiger partial charge in [0.1, 0.15) is 6.04 Å². The standard InChI is InChI=1S/C16H18N2O4/c1-2-7-17-16(20)12-4-6-15(19)18(12)9-11-3-5-13-14(8-11)22-10-21-13/h2-3,5,8,12H,1,4,6-7,9-10H2,(H,17,20)/t12-/m0/s1. The van der Waals surface area contributed by atoms with E-state index >= 15 is 0 Å². The van der Waals surface area contributed by atoms with Gasteiger partial charge in [0.05, 0.1) is 0 Å². The fraction of sp³-hybridized carbons (Fsp3) is 0.375. The Morgan fingerprint density at radius 1 is 1.41 bits per heavy atom. The molecule has 1 aromatic carbocycles. The molecule has 0 aromatic heterocycles. The number of nitrogens with zero attached hydrogens (tertiary/aromatic N) is 1. The first-order valence-electron chi connectivity index (χ1n) is 7.25. The molecular weight excluding hydrogens is 284 g/mol. The Bertz CT molecular complexity index is 614. The van der Waals surface area contributed by atoms with E-state index in [1.54, 1.807) is 11.0 Å². The van der Waals surface area contributed by atoms with Gasteiger partial charge in [-0.15, -0.1) is 6.58 Å². The Labute approximate surface area is 128 Å². The molecule has 1 atom stereocenters. The first-order chi connectivity index (χ1) is 10.7. The normalized spacial score (nSPS) is 19.4. The summed E-state index contributed by atoms with van der Waals surface area (Å²) in [4.78, 5) is 25.8. The first kappa shape index (κ1) is 14.4. The van der Waals surface area contributed by atoms with Gasteiger partial charge >= 0.3 is 0 Å². The number of nitrogens with one attached hydrogen (secondary N) is 1. The average Bonchev–Trinajstić information content (AvgIpc) is 3.12. The van der Waals surface area contributed by atoms with E-state index in [0.29, 0.717) is 37.4 Å². The van der Waals surface area contributed by atoms with Crippen molar-refractivity contribution in [3.63, 3.8) is 0 Å². The molecule has 0 unspecified atom stereocenters. The van der Waals surface area contributed by atoms with Crippen LogP contribution in [-0.2, 0) is 16.1 Å². The maximum atomic E-state index is 12.1. The molecule has 1 fully saturated rings. The largest absolute Gasteiger partial charge is 0.454 e. The van der Waals surface area contributed by atoms with Crippen LogP contribution in [0.25, 0.3) is 0 Å². The van der Waals surface area contributed by atoms with Gasteiger partial charge in [-0.2, -0.15) is 0 Å². The van der Waals surface area contributed by atoms with Gasteiger partial charge in [0.25, 0.3) is 0 Å². The number of fused-ring (bicyclic) bond motifs is 1. The van der Waals surface area contributed by atoms with E-state index in [2.05, 4.69) is 11.9 Å². The first-order valence-corrected chi connectivity index (χ1v) is 7.25. The monoisotopic (exact) mass is 302 g/mol. The lowest BCUT2D eigenvalue weighted by Crippen LogP contribution is -2.44. The highest BCUT2D eigenvalue weighted by molar-refractivity contribution is 5.90. The lowest BCUT2D eigenvalue weighted by atomic mass is 10.1. The number of hydrogen-bond acceptors (Lipinski definition) is 4. The molecule has 22 heavy (non-hydrogen) atoms. The molecule has 116 valence electrons. The number of amides is 2. The van der Waals surface area contributed by atoms with E-state index in [1.807, 2.05) is 18.2 Å². The molecule has 0 aliphatic carbocycles. The van der Waals surface area contributed by atoms with Crippen molar-refractivity contribution in [2.45, 2.75) is 25.4 Å². The van der Waals surface area contributed by atoms with Crippen LogP contribution in [0.2, 0.25) is 0 Å². The molecule has 2 aliphatic heterocycles. The third kappa shape index (κ3) is 2.77. The highest BCUT2D eigenvalue weighted by Gasteiger charge is 2.35. The number of benzene rings is 1. The maximum absolute atomic E-state index is 12.1. The van der Waals surface area contributed by atoms with E-state index in [-0.39, 0.29) is 18.6 Å². The molecule has 1 N–H and O–H groups in total. The van der Waals surface area contributed by atoms with Gasteiger partial charge < -0.3 is 19.7 Å². The average molecular weight is 302 g/mol. The van der Waals surface area contributed by atoms with Gasteiger partial charge in [0, 0.05) is 19.5 Å². The van der Waals surface area contributed by atoms with Gasteiger partial charge in [0.2, 0.25) is 18.6 Å². The summed E-state index contributed by atoms with van der Waals surface area (Å²) in [5.74, 6) is 1.25. The van der Waals surface area contributed by atoms with Crippen LogP contribution in [0.15, 0.2) is 30.9 Å². The van der Waals surface area contributed by atoms with Crippen molar-refractivity contribution in [1.29, 1.82) is 0 Å². The second-order valence-corrected chi connectivity index (χ2v) is 5.30. The number of ether oxygens (including phenoxy) is 2. The molecule has 3 rings (SSSR count). The number of likely N-dealkylation sites (tertiary alicyclic amines) is 1. The molecule has 1 aromatic rings. The summed E-state index contributed by atoms with van der Waals surface area (Å²) in [6.45, 7) is 4.58. The lowest BCUT2D eigenvalue weighted by Gasteiger charge is -2.24. The molecule has 2 aliphatic rings. The second kappa shape index (κ2) is 6.09. The predicted molar refractivity (Wildman–Crippen MR) is 79.3 cm³/mol. The minimum Gasteiger partial charge on any atom is -0.454 e. The SMILES string of the molecule is C=CCNC(=O)[C@@H]1CCC(=O)N1Cc1ccc2c(c1)OCO2. The van der Waals surface area contributed by atoms with Gasteiger partial charge in [-0.25, -0.2) is 0 Å². The smallest absolute Gasteiger partial charge is 0.243 e. The van der Waals surface area contributed by atoms with Crippen LogP contribution in [0.5, 0.6) is 11.5 Å². The topological polar surface area (TPSA) is 67.9 Å². The molecule has 0 bridgehead atoms. The van der Waals surface area contributed by atoms with E-state index in [9.17, 15) is 9.59 Å². The van der Waals surface area contributed by atoms with Crippen LogP contribution in [-0.4, -0.2) is 36.1 Å². The number of carbonyl (C=O) groups excluding carboxylic acids is 2. The third-order valence-electron chi connectivity index (χ3n) is 3.84. The van der Waals surface area contributed by atoms with E-state index < -0.39 is 6.04 Å². The van der Waals surface area contributed by atoms with E-state index in [0.717, 1.165) is 5.56 Å². The van der Waals surface area contributed by atoms with E-state index in [1.165, 1.54) is 0 Å². The zero-order valence-electron chi connectivity index (χ0n) is 12.2. The van der Waals surface area contributed by atoms with Crippen LogP contribution in [0.4, 0.5) is 0 Å². The Kier molecular flexibility index (Phi) is 4.00. The summed E-state index contributed by atoms with van der Waals surface area (Å²) < 4.78 is 10.6. The third-order valence-corrected chi connectivity index (χ3v) is 3.84. The van der Waals surface area contributed by atoms with Crippen molar-refractivity contribution in [2.75, 3.05) is 13.3 Å². The predicted octanol–water partition coefficient (Wildman–Crippen LogP) is 1.21. The quantitative estimate of drug-likeness (QED) is 0.830. The van der Waals surface area contributed by atoms with Crippen molar-refractivity contribution < 1.29 is 19.1 Å². The number of rotatable bonds is 5. The summed E-state index contributed by atoms with van der Waals surface area (Å²) in [7, 11) is 0. The Balaban J connectivity index is 1.72. The zero-order valence-corrected chi connectivity index (χ0v) is 12.2. The maximum Gasteiger partial charge on any atom is 0.243 e. The summed E-state index contributed by atoms with van der Waals surface area (Å²) in [5, 5.41) is 2.76. The van der Waals surface area contributed by atoms with Gasteiger partial charge in [-0.3, -0.25) is 9.59 Å². The minimum absolute atomic E-state index is 0.00331. The van der Waals surface area contributed by atoms with Crippen LogP contribution in [0, 0.1) is 0 Å².